The first kappa shape index (κ1) is 15.6. The first-order valence-electron chi connectivity index (χ1n) is 7.56. The fraction of sp³-hybridized carbons (Fsp3) is 0.444. The van der Waals surface area contributed by atoms with Crippen LogP contribution in [-0.4, -0.2) is 13.7 Å². The van der Waals surface area contributed by atoms with Gasteiger partial charge in [0.15, 0.2) is 0 Å². The highest BCUT2D eigenvalue weighted by molar-refractivity contribution is 5.38. The summed E-state index contributed by atoms with van der Waals surface area (Å²) in [7, 11) is 1.72. The highest BCUT2D eigenvalue weighted by Gasteiger charge is 2.19. The molecule has 114 valence electrons. The van der Waals surface area contributed by atoms with Crippen molar-refractivity contribution in [3.8, 4) is 5.75 Å². The lowest BCUT2D eigenvalue weighted by molar-refractivity contribution is 0.388. The smallest absolute Gasteiger partial charge is 0.123 e. The van der Waals surface area contributed by atoms with Gasteiger partial charge in [-0.3, -0.25) is 0 Å². The minimum Gasteiger partial charge on any atom is -0.496 e. The quantitative estimate of drug-likeness (QED) is 0.829. The van der Waals surface area contributed by atoms with Crippen molar-refractivity contribution in [3.05, 3.63) is 53.0 Å². The highest BCUT2D eigenvalue weighted by atomic mass is 16.5. The van der Waals surface area contributed by atoms with E-state index in [2.05, 4.69) is 38.2 Å². The molecule has 0 fully saturated rings. The van der Waals surface area contributed by atoms with Crippen LogP contribution in [-0.2, 0) is 6.42 Å². The molecule has 1 atom stereocenters. The first-order valence-corrected chi connectivity index (χ1v) is 7.56. The zero-order valence-corrected chi connectivity index (χ0v) is 13.4. The Hall–Kier alpha value is -1.74. The van der Waals surface area contributed by atoms with Gasteiger partial charge in [0.05, 0.1) is 19.4 Å². The van der Waals surface area contributed by atoms with E-state index in [0.29, 0.717) is 0 Å². The molecule has 0 amide bonds. The van der Waals surface area contributed by atoms with Crippen LogP contribution in [0.4, 0.5) is 0 Å². The van der Waals surface area contributed by atoms with Crippen molar-refractivity contribution >= 4 is 0 Å². The van der Waals surface area contributed by atoms with Crippen LogP contribution in [0.5, 0.6) is 5.75 Å². The van der Waals surface area contributed by atoms with Gasteiger partial charge in [0.25, 0.3) is 0 Å². The molecule has 1 unspecified atom stereocenters. The molecule has 0 saturated carbocycles. The third-order valence-corrected chi connectivity index (χ3v) is 3.72. The number of rotatable bonds is 7. The van der Waals surface area contributed by atoms with Crippen molar-refractivity contribution in [2.24, 2.45) is 0 Å². The zero-order valence-electron chi connectivity index (χ0n) is 13.4. The van der Waals surface area contributed by atoms with Crippen molar-refractivity contribution in [3.63, 3.8) is 0 Å². The van der Waals surface area contributed by atoms with Crippen LogP contribution in [0.25, 0.3) is 0 Å². The van der Waals surface area contributed by atoms with Gasteiger partial charge in [-0.05, 0) is 56.5 Å². The molecule has 2 rings (SSSR count). The number of hydrogen-bond acceptors (Lipinski definition) is 3. The lowest BCUT2D eigenvalue weighted by Crippen LogP contribution is -2.24. The van der Waals surface area contributed by atoms with Gasteiger partial charge in [0.1, 0.15) is 11.5 Å². The topological polar surface area (TPSA) is 34.4 Å². The van der Waals surface area contributed by atoms with Crippen molar-refractivity contribution in [2.75, 3.05) is 13.7 Å². The summed E-state index contributed by atoms with van der Waals surface area (Å²) >= 11 is 0. The largest absolute Gasteiger partial charge is 0.496 e. The molecule has 3 nitrogen and oxygen atoms in total. The minimum absolute atomic E-state index is 0.177. The molecule has 0 aliphatic carbocycles. The lowest BCUT2D eigenvalue weighted by atomic mass is 9.99. The van der Waals surface area contributed by atoms with Crippen LogP contribution in [0, 0.1) is 13.8 Å². The Labute approximate surface area is 127 Å². The summed E-state index contributed by atoms with van der Waals surface area (Å²) < 4.78 is 11.2. The Balaban J connectivity index is 2.26. The second-order valence-electron chi connectivity index (χ2n) is 5.49. The predicted octanol–water partition coefficient (Wildman–Crippen LogP) is 4.19. The molecule has 0 aliphatic rings. The summed E-state index contributed by atoms with van der Waals surface area (Å²) in [5.41, 5.74) is 3.65. The van der Waals surface area contributed by atoms with Gasteiger partial charge < -0.3 is 14.5 Å². The lowest BCUT2D eigenvalue weighted by Gasteiger charge is -2.19. The van der Waals surface area contributed by atoms with Crippen LogP contribution in [0.2, 0.25) is 0 Å². The summed E-state index contributed by atoms with van der Waals surface area (Å²) in [5.74, 6) is 1.96. The van der Waals surface area contributed by atoms with Crippen LogP contribution in [0.3, 0.4) is 0 Å². The Kier molecular flexibility index (Phi) is 5.45. The Morgan fingerprint density at radius 2 is 2.05 bits per heavy atom. The molecular weight excluding hydrogens is 262 g/mol. The molecule has 0 saturated heterocycles. The van der Waals surface area contributed by atoms with Crippen LogP contribution < -0.4 is 10.1 Å². The SMILES string of the molecule is CCCNC(Cc1cc(C)ccc1OC)c1occc1C. The second kappa shape index (κ2) is 7.32. The number of aryl methyl sites for hydroxylation is 2. The van der Waals surface area contributed by atoms with Crippen LogP contribution >= 0.6 is 0 Å². The second-order valence-corrected chi connectivity index (χ2v) is 5.49. The van der Waals surface area contributed by atoms with E-state index in [4.69, 9.17) is 9.15 Å². The average molecular weight is 287 g/mol. The van der Waals surface area contributed by atoms with E-state index in [1.54, 1.807) is 13.4 Å². The van der Waals surface area contributed by atoms with Gasteiger partial charge in [0, 0.05) is 0 Å². The molecule has 0 spiro atoms. The monoisotopic (exact) mass is 287 g/mol. The highest BCUT2D eigenvalue weighted by Crippen LogP contribution is 2.28. The Morgan fingerprint density at radius 1 is 1.24 bits per heavy atom. The Bertz CT molecular complexity index is 574. The maximum Gasteiger partial charge on any atom is 0.123 e. The molecule has 1 heterocycles. The fourth-order valence-electron chi connectivity index (χ4n) is 2.60. The summed E-state index contributed by atoms with van der Waals surface area (Å²) in [4.78, 5) is 0. The molecular formula is C18H25NO2. The van der Waals surface area contributed by atoms with Gasteiger partial charge in [-0.15, -0.1) is 0 Å². The molecule has 0 aliphatic heterocycles. The number of benzene rings is 1. The first-order chi connectivity index (χ1) is 10.2. The molecule has 1 aromatic carbocycles. The normalized spacial score (nSPS) is 12.4. The number of nitrogens with one attached hydrogen (secondary N) is 1. The van der Waals surface area contributed by atoms with Gasteiger partial charge in [-0.2, -0.15) is 0 Å². The molecule has 0 radical (unpaired) electrons. The predicted molar refractivity (Wildman–Crippen MR) is 85.9 cm³/mol. The molecule has 0 bridgehead atoms. The molecule has 1 N–H and O–H groups in total. The van der Waals surface area contributed by atoms with Gasteiger partial charge in [-0.25, -0.2) is 0 Å². The summed E-state index contributed by atoms with van der Waals surface area (Å²) in [6.45, 7) is 7.34. The van der Waals surface area contributed by atoms with Crippen molar-refractivity contribution in [1.82, 2.24) is 5.32 Å². The maximum atomic E-state index is 5.70. The van der Waals surface area contributed by atoms with E-state index >= 15 is 0 Å². The number of furan rings is 1. The molecule has 2 aromatic rings. The van der Waals surface area contributed by atoms with Crippen LogP contribution in [0.15, 0.2) is 34.9 Å². The fourth-order valence-corrected chi connectivity index (χ4v) is 2.60. The van der Waals surface area contributed by atoms with E-state index in [1.807, 2.05) is 12.1 Å². The standard InChI is InChI=1S/C18H25NO2/c1-5-9-19-16(18-14(3)8-10-21-18)12-15-11-13(2)6-7-17(15)20-4/h6-8,10-11,16,19H,5,9,12H2,1-4H3. The van der Waals surface area contributed by atoms with E-state index in [9.17, 15) is 0 Å². The molecule has 3 heteroatoms. The van der Waals surface area contributed by atoms with E-state index in [0.717, 1.165) is 30.9 Å². The van der Waals surface area contributed by atoms with Gasteiger partial charge >= 0.3 is 0 Å². The number of hydrogen-bond donors (Lipinski definition) is 1. The summed E-state index contributed by atoms with van der Waals surface area (Å²) in [6, 6.07) is 8.50. The number of ether oxygens (including phenoxy) is 1. The average Bonchev–Trinajstić information content (AvgIpc) is 2.90. The van der Waals surface area contributed by atoms with Gasteiger partial charge in [-0.1, -0.05) is 24.6 Å². The van der Waals surface area contributed by atoms with E-state index in [1.165, 1.54) is 16.7 Å². The molecule has 1 aromatic heterocycles. The summed E-state index contributed by atoms with van der Waals surface area (Å²) in [6.07, 6.45) is 3.72. The maximum absolute atomic E-state index is 5.70. The third-order valence-electron chi connectivity index (χ3n) is 3.72. The minimum atomic E-state index is 0.177. The number of methoxy groups -OCH3 is 1. The van der Waals surface area contributed by atoms with E-state index < -0.39 is 0 Å². The Morgan fingerprint density at radius 3 is 2.67 bits per heavy atom. The third kappa shape index (κ3) is 3.88. The van der Waals surface area contributed by atoms with Crippen molar-refractivity contribution < 1.29 is 9.15 Å². The van der Waals surface area contributed by atoms with Gasteiger partial charge in [0.2, 0.25) is 0 Å². The van der Waals surface area contributed by atoms with Crippen molar-refractivity contribution in [2.45, 2.75) is 39.7 Å². The van der Waals surface area contributed by atoms with E-state index in [-0.39, 0.29) is 6.04 Å². The molecule has 21 heavy (non-hydrogen) atoms. The summed E-state index contributed by atoms with van der Waals surface area (Å²) in [5, 5.41) is 3.58. The van der Waals surface area contributed by atoms with Crippen molar-refractivity contribution in [1.29, 1.82) is 0 Å². The van der Waals surface area contributed by atoms with Crippen LogP contribution in [0.1, 0.15) is 41.8 Å². The zero-order chi connectivity index (χ0) is 15.2.